The highest BCUT2D eigenvalue weighted by Gasteiger charge is 2.18. The number of thiocarbonyl (C=S) groups is 1. The maximum absolute atomic E-state index is 8.87. The molecule has 2 aromatic rings. The van der Waals surface area contributed by atoms with E-state index >= 15 is 0 Å². The molecule has 1 fully saturated rings. The molecule has 0 atom stereocenters. The van der Waals surface area contributed by atoms with Crippen LogP contribution in [0.1, 0.15) is 16.7 Å². The van der Waals surface area contributed by atoms with Crippen molar-refractivity contribution in [2.45, 2.75) is 13.0 Å². The zero-order valence-electron chi connectivity index (χ0n) is 14.9. The fraction of sp³-hybridized carbons (Fsp3) is 0.333. The number of nitrogens with zero attached hydrogens (tertiary/aromatic N) is 3. The van der Waals surface area contributed by atoms with E-state index in [1.165, 1.54) is 11.1 Å². The van der Waals surface area contributed by atoms with Crippen LogP contribution in [0.5, 0.6) is 0 Å². The second-order valence-corrected chi connectivity index (χ2v) is 6.93. The molecule has 0 radical (unpaired) electrons. The minimum Gasteiger partial charge on any atom is -0.362 e. The number of piperazine rings is 1. The topological polar surface area (TPSA) is 42.3 Å². The van der Waals surface area contributed by atoms with Gasteiger partial charge in [0.1, 0.15) is 0 Å². The van der Waals surface area contributed by atoms with Crippen molar-refractivity contribution in [2.24, 2.45) is 0 Å². The Morgan fingerprint density at radius 3 is 2.31 bits per heavy atom. The first-order chi connectivity index (χ1) is 12.7. The first kappa shape index (κ1) is 18.4. The molecule has 2 aromatic carbocycles. The average Bonchev–Trinajstić information content (AvgIpc) is 2.70. The summed E-state index contributed by atoms with van der Waals surface area (Å²) in [4.78, 5) is 4.69. The van der Waals surface area contributed by atoms with Crippen LogP contribution in [-0.2, 0) is 13.0 Å². The maximum Gasteiger partial charge on any atom is 0.169 e. The van der Waals surface area contributed by atoms with Crippen LogP contribution in [-0.4, -0.2) is 47.6 Å². The second kappa shape index (κ2) is 9.33. The van der Waals surface area contributed by atoms with E-state index in [0.717, 1.165) is 50.8 Å². The first-order valence-electron chi connectivity index (χ1n) is 9.03. The van der Waals surface area contributed by atoms with Gasteiger partial charge in [-0.25, -0.2) is 0 Å². The van der Waals surface area contributed by atoms with Crippen LogP contribution < -0.4 is 5.32 Å². The number of nitrogens with one attached hydrogen (secondary N) is 1. The minimum atomic E-state index is 0.713. The summed E-state index contributed by atoms with van der Waals surface area (Å²) in [6.45, 7) is 5.70. The molecule has 0 amide bonds. The monoisotopic (exact) mass is 364 g/mol. The summed E-state index contributed by atoms with van der Waals surface area (Å²) < 4.78 is 0. The smallest absolute Gasteiger partial charge is 0.169 e. The Hall–Kier alpha value is -2.42. The molecule has 3 rings (SSSR count). The summed E-state index contributed by atoms with van der Waals surface area (Å²) in [6.07, 6.45) is 0.986. The first-order valence-corrected chi connectivity index (χ1v) is 9.43. The summed E-state index contributed by atoms with van der Waals surface area (Å²) in [5, 5.41) is 13.1. The van der Waals surface area contributed by atoms with E-state index in [1.54, 1.807) is 0 Å². The van der Waals surface area contributed by atoms with Crippen molar-refractivity contribution in [1.82, 2.24) is 15.1 Å². The van der Waals surface area contributed by atoms with E-state index in [2.05, 4.69) is 45.5 Å². The third-order valence-electron chi connectivity index (χ3n) is 4.68. The zero-order valence-corrected chi connectivity index (χ0v) is 15.7. The van der Waals surface area contributed by atoms with Crippen LogP contribution in [0.4, 0.5) is 0 Å². The summed E-state index contributed by atoms with van der Waals surface area (Å²) in [6, 6.07) is 20.5. The third kappa shape index (κ3) is 5.29. The van der Waals surface area contributed by atoms with Crippen molar-refractivity contribution in [2.75, 3.05) is 32.7 Å². The largest absolute Gasteiger partial charge is 0.362 e. The van der Waals surface area contributed by atoms with E-state index in [9.17, 15) is 0 Å². The molecule has 4 nitrogen and oxygen atoms in total. The number of hydrogen-bond acceptors (Lipinski definition) is 3. The van der Waals surface area contributed by atoms with Gasteiger partial charge in [-0.3, -0.25) is 4.90 Å². The fourth-order valence-electron chi connectivity index (χ4n) is 3.12. The third-order valence-corrected chi connectivity index (χ3v) is 5.08. The van der Waals surface area contributed by atoms with Gasteiger partial charge in [0.15, 0.2) is 5.11 Å². The van der Waals surface area contributed by atoms with Crippen molar-refractivity contribution in [1.29, 1.82) is 5.26 Å². The standard InChI is InChI=1S/C21H24N4S/c22-16-19-6-8-20(9-7-19)17-24-12-14-25(15-13-24)21(26)23-11-10-18-4-2-1-3-5-18/h1-9H,10-15,17H2,(H,23,26). The molecule has 0 aliphatic carbocycles. The van der Waals surface area contributed by atoms with Crippen LogP contribution in [0.15, 0.2) is 54.6 Å². The lowest BCUT2D eigenvalue weighted by Crippen LogP contribution is -2.51. The molecule has 1 saturated heterocycles. The molecule has 0 bridgehead atoms. The predicted molar refractivity (Wildman–Crippen MR) is 109 cm³/mol. The van der Waals surface area contributed by atoms with Crippen LogP contribution in [0.2, 0.25) is 0 Å². The molecule has 1 aliphatic rings. The van der Waals surface area contributed by atoms with Gasteiger partial charge in [0.25, 0.3) is 0 Å². The number of hydrogen-bond donors (Lipinski definition) is 1. The van der Waals surface area contributed by atoms with Crippen LogP contribution in [0.25, 0.3) is 0 Å². The molecule has 0 aromatic heterocycles. The van der Waals surface area contributed by atoms with E-state index < -0.39 is 0 Å². The summed E-state index contributed by atoms with van der Waals surface area (Å²) >= 11 is 5.55. The van der Waals surface area contributed by atoms with E-state index in [1.807, 2.05) is 30.3 Å². The Balaban J connectivity index is 1.38. The van der Waals surface area contributed by atoms with Gasteiger partial charge in [-0.2, -0.15) is 5.26 Å². The van der Waals surface area contributed by atoms with Gasteiger partial charge in [-0.15, -0.1) is 0 Å². The normalized spacial score (nSPS) is 14.7. The summed E-state index contributed by atoms with van der Waals surface area (Å²) in [5.41, 5.74) is 3.29. The van der Waals surface area contributed by atoms with Crippen molar-refractivity contribution >= 4 is 17.3 Å². The van der Waals surface area contributed by atoms with Gasteiger partial charge in [0, 0.05) is 39.3 Å². The Morgan fingerprint density at radius 2 is 1.65 bits per heavy atom. The van der Waals surface area contributed by atoms with Gasteiger partial charge in [0.2, 0.25) is 0 Å². The Bertz CT molecular complexity index is 744. The fourth-order valence-corrected chi connectivity index (χ4v) is 3.41. The second-order valence-electron chi connectivity index (χ2n) is 6.54. The van der Waals surface area contributed by atoms with Crippen LogP contribution in [0, 0.1) is 11.3 Å². The zero-order chi connectivity index (χ0) is 18.2. The Labute approximate surface area is 161 Å². The van der Waals surface area contributed by atoms with Crippen LogP contribution in [0.3, 0.4) is 0 Å². The van der Waals surface area contributed by atoms with Gasteiger partial charge >= 0.3 is 0 Å². The van der Waals surface area contributed by atoms with Crippen molar-refractivity contribution < 1.29 is 0 Å². The molecule has 0 saturated carbocycles. The van der Waals surface area contributed by atoms with Crippen molar-refractivity contribution in [3.63, 3.8) is 0 Å². The molecular formula is C21H24N4S. The highest BCUT2D eigenvalue weighted by molar-refractivity contribution is 7.80. The highest BCUT2D eigenvalue weighted by Crippen LogP contribution is 2.10. The summed E-state index contributed by atoms with van der Waals surface area (Å²) in [7, 11) is 0. The number of nitriles is 1. The predicted octanol–water partition coefficient (Wildman–Crippen LogP) is 2.79. The highest BCUT2D eigenvalue weighted by atomic mass is 32.1. The molecule has 134 valence electrons. The molecule has 0 unspecified atom stereocenters. The van der Waals surface area contributed by atoms with E-state index in [4.69, 9.17) is 17.5 Å². The molecular weight excluding hydrogens is 340 g/mol. The van der Waals surface area contributed by atoms with Crippen molar-refractivity contribution in [3.8, 4) is 6.07 Å². The SMILES string of the molecule is N#Cc1ccc(CN2CCN(C(=S)NCCc3ccccc3)CC2)cc1. The van der Waals surface area contributed by atoms with Crippen molar-refractivity contribution in [3.05, 3.63) is 71.3 Å². The Kier molecular flexibility index (Phi) is 6.59. The van der Waals surface area contributed by atoms with Gasteiger partial charge in [-0.05, 0) is 41.9 Å². The molecule has 1 heterocycles. The quantitative estimate of drug-likeness (QED) is 0.827. The van der Waals surface area contributed by atoms with Gasteiger partial charge < -0.3 is 10.2 Å². The van der Waals surface area contributed by atoms with Gasteiger partial charge in [-0.1, -0.05) is 42.5 Å². The van der Waals surface area contributed by atoms with E-state index in [-0.39, 0.29) is 0 Å². The van der Waals surface area contributed by atoms with Gasteiger partial charge in [0.05, 0.1) is 11.6 Å². The van der Waals surface area contributed by atoms with E-state index in [0.29, 0.717) is 5.56 Å². The lowest BCUT2D eigenvalue weighted by molar-refractivity contribution is 0.174. The lowest BCUT2D eigenvalue weighted by atomic mass is 10.1. The lowest BCUT2D eigenvalue weighted by Gasteiger charge is -2.36. The molecule has 1 N–H and O–H groups in total. The molecule has 0 spiro atoms. The maximum atomic E-state index is 8.87. The number of rotatable bonds is 5. The number of benzene rings is 2. The molecule has 5 heteroatoms. The minimum absolute atomic E-state index is 0.713. The van der Waals surface area contributed by atoms with Crippen LogP contribution >= 0.6 is 12.2 Å². The molecule has 26 heavy (non-hydrogen) atoms. The molecule has 1 aliphatic heterocycles. The summed E-state index contributed by atoms with van der Waals surface area (Å²) in [5.74, 6) is 0. The average molecular weight is 365 g/mol. The Morgan fingerprint density at radius 1 is 0.962 bits per heavy atom.